The van der Waals surface area contributed by atoms with Crippen LogP contribution in [0.2, 0.25) is 5.02 Å². The fourth-order valence-corrected chi connectivity index (χ4v) is 4.30. The van der Waals surface area contributed by atoms with E-state index in [0.29, 0.717) is 16.3 Å². The Hall–Kier alpha value is -3.24. The highest BCUT2D eigenvalue weighted by Gasteiger charge is 2.28. The van der Waals surface area contributed by atoms with Gasteiger partial charge < -0.3 is 10.1 Å². The molecule has 9 nitrogen and oxygen atoms in total. The number of tetrazole rings is 1. The first-order valence-electron chi connectivity index (χ1n) is 11.9. The molecule has 2 aromatic carbocycles. The Morgan fingerprint density at radius 2 is 1.78 bits per heavy atom. The number of amides is 1. The average Bonchev–Trinajstić information content (AvgIpc) is 3.29. The Morgan fingerprint density at radius 3 is 2.49 bits per heavy atom. The van der Waals surface area contributed by atoms with E-state index in [4.69, 9.17) is 16.3 Å². The van der Waals surface area contributed by atoms with Gasteiger partial charge in [0.1, 0.15) is 18.2 Å². The lowest BCUT2D eigenvalue weighted by Gasteiger charge is -2.22. The monoisotopic (exact) mass is 543 g/mol. The van der Waals surface area contributed by atoms with Crippen molar-refractivity contribution in [3.63, 3.8) is 0 Å². The molecule has 3 rings (SSSR count). The summed E-state index contributed by atoms with van der Waals surface area (Å²) < 4.78 is 5.36. The van der Waals surface area contributed by atoms with Crippen molar-refractivity contribution < 1.29 is 19.1 Å². The van der Waals surface area contributed by atoms with Crippen LogP contribution in [0.25, 0.3) is 11.4 Å². The molecule has 0 saturated heterocycles. The van der Waals surface area contributed by atoms with Crippen LogP contribution in [0, 0.1) is 0 Å². The number of hydrogen-bond donors (Lipinski definition) is 1. The molecule has 1 N–H and O–H groups in total. The minimum atomic E-state index is -1.10. The van der Waals surface area contributed by atoms with Gasteiger partial charge in [0.25, 0.3) is 5.24 Å². The van der Waals surface area contributed by atoms with Crippen LogP contribution in [0.5, 0.6) is 0 Å². The Labute approximate surface area is 225 Å². The summed E-state index contributed by atoms with van der Waals surface area (Å²) in [5, 5.41) is 14.8. The Bertz CT molecular complexity index is 1210. The van der Waals surface area contributed by atoms with E-state index in [9.17, 15) is 14.4 Å². The van der Waals surface area contributed by atoms with Gasteiger partial charge in [-0.2, -0.15) is 4.80 Å². The largest absolute Gasteiger partial charge is 0.460 e. The summed E-state index contributed by atoms with van der Waals surface area (Å²) >= 11 is 7.26. The van der Waals surface area contributed by atoms with Gasteiger partial charge in [-0.15, -0.1) is 10.2 Å². The molecular weight excluding hydrogens is 514 g/mol. The minimum Gasteiger partial charge on any atom is -0.460 e. The smallest absolute Gasteiger partial charge is 0.308 e. The number of Topliss-reactive ketones (excluding diaryl/α,β-unsaturated/α-hetero) is 1. The Morgan fingerprint density at radius 1 is 1.08 bits per heavy atom. The predicted molar refractivity (Wildman–Crippen MR) is 143 cm³/mol. The number of benzene rings is 2. The third kappa shape index (κ3) is 9.62. The minimum absolute atomic E-state index is 0.264. The number of ether oxygens (including phenoxy) is 1. The second-order valence-electron chi connectivity index (χ2n) is 9.30. The fourth-order valence-electron chi connectivity index (χ4n) is 3.38. The Kier molecular flexibility index (Phi) is 10.2. The molecule has 0 aliphatic carbocycles. The topological polar surface area (TPSA) is 116 Å². The lowest BCUT2D eigenvalue weighted by molar-refractivity contribution is -0.156. The van der Waals surface area contributed by atoms with Crippen LogP contribution in [-0.2, 0) is 27.3 Å². The zero-order chi connectivity index (χ0) is 26.8. The van der Waals surface area contributed by atoms with Gasteiger partial charge in [-0.3, -0.25) is 14.4 Å². The summed E-state index contributed by atoms with van der Waals surface area (Å²) in [5.41, 5.74) is 1.05. The number of rotatable bonds is 11. The van der Waals surface area contributed by atoms with Crippen LogP contribution in [0.4, 0.5) is 4.79 Å². The summed E-state index contributed by atoms with van der Waals surface area (Å²) in [7, 11) is 0. The zero-order valence-electron chi connectivity index (χ0n) is 21.0. The van der Waals surface area contributed by atoms with Crippen molar-refractivity contribution in [1.82, 2.24) is 25.5 Å². The van der Waals surface area contributed by atoms with Crippen LogP contribution in [-0.4, -0.2) is 54.6 Å². The van der Waals surface area contributed by atoms with Crippen LogP contribution in [0.15, 0.2) is 54.6 Å². The van der Waals surface area contributed by atoms with E-state index >= 15 is 0 Å². The second kappa shape index (κ2) is 13.3. The Balaban J connectivity index is 1.61. The summed E-state index contributed by atoms with van der Waals surface area (Å²) in [6.45, 7) is 4.92. The van der Waals surface area contributed by atoms with E-state index in [0.717, 1.165) is 29.4 Å². The molecule has 0 spiro atoms. The number of ketones is 1. The maximum absolute atomic E-state index is 13.1. The SMILES string of the molecule is CC(C)(C)OC(=O)CC(NC(=O)SCCCc1ccccc1)C(=O)Cn1nnc(-c2ccccc2Cl)n1. The van der Waals surface area contributed by atoms with Gasteiger partial charge in [0.2, 0.25) is 5.82 Å². The van der Waals surface area contributed by atoms with Crippen molar-refractivity contribution in [3.05, 3.63) is 65.2 Å². The van der Waals surface area contributed by atoms with E-state index in [1.165, 1.54) is 5.56 Å². The summed E-state index contributed by atoms with van der Waals surface area (Å²) in [6.07, 6.45) is 1.33. The lowest BCUT2D eigenvalue weighted by atomic mass is 10.1. The molecule has 196 valence electrons. The van der Waals surface area contributed by atoms with Crippen LogP contribution in [0.1, 0.15) is 39.2 Å². The van der Waals surface area contributed by atoms with Crippen LogP contribution < -0.4 is 5.32 Å². The van der Waals surface area contributed by atoms with Gasteiger partial charge in [0.15, 0.2) is 5.78 Å². The summed E-state index contributed by atoms with van der Waals surface area (Å²) in [4.78, 5) is 39.3. The molecule has 37 heavy (non-hydrogen) atoms. The highest BCUT2D eigenvalue weighted by Crippen LogP contribution is 2.23. The number of nitrogens with one attached hydrogen (secondary N) is 1. The van der Waals surface area contributed by atoms with Crippen molar-refractivity contribution in [3.8, 4) is 11.4 Å². The van der Waals surface area contributed by atoms with Crippen molar-refractivity contribution in [2.24, 2.45) is 0 Å². The van der Waals surface area contributed by atoms with Crippen molar-refractivity contribution >= 4 is 40.4 Å². The standard InChI is InChI=1S/C26H30ClN5O4S/c1-26(2,3)36-23(34)16-21(28-25(35)37-15-9-12-18-10-5-4-6-11-18)22(33)17-32-30-24(29-31-32)19-13-7-8-14-20(19)27/h4-8,10-11,13-14,21H,9,12,15-17H2,1-3H3,(H,28,35). The lowest BCUT2D eigenvalue weighted by Crippen LogP contribution is -2.43. The third-order valence-electron chi connectivity index (χ3n) is 5.02. The average molecular weight is 544 g/mol. The molecule has 0 aliphatic rings. The van der Waals surface area contributed by atoms with Crippen molar-refractivity contribution in [2.45, 2.75) is 58.2 Å². The number of carbonyl (C=O) groups excluding carboxylic acids is 3. The first-order valence-corrected chi connectivity index (χ1v) is 13.2. The number of aromatic nitrogens is 4. The van der Waals surface area contributed by atoms with E-state index in [1.54, 1.807) is 45.0 Å². The number of halogens is 1. The molecule has 1 unspecified atom stereocenters. The fraction of sp³-hybridized carbons (Fsp3) is 0.385. The quantitative estimate of drug-likeness (QED) is 0.272. The summed E-state index contributed by atoms with van der Waals surface area (Å²) in [6, 6.07) is 15.9. The highest BCUT2D eigenvalue weighted by molar-refractivity contribution is 8.13. The van der Waals surface area contributed by atoms with Gasteiger partial charge >= 0.3 is 5.97 Å². The van der Waals surface area contributed by atoms with Gasteiger partial charge in [0, 0.05) is 11.3 Å². The maximum atomic E-state index is 13.1. The molecule has 1 amide bonds. The zero-order valence-corrected chi connectivity index (χ0v) is 22.6. The van der Waals surface area contributed by atoms with E-state index < -0.39 is 28.6 Å². The molecule has 0 fully saturated rings. The molecule has 11 heteroatoms. The van der Waals surface area contributed by atoms with Crippen LogP contribution >= 0.6 is 23.4 Å². The molecule has 1 heterocycles. The first-order chi connectivity index (χ1) is 17.6. The van der Waals surface area contributed by atoms with Gasteiger partial charge in [-0.25, -0.2) is 0 Å². The van der Waals surface area contributed by atoms with Gasteiger partial charge in [-0.05, 0) is 56.5 Å². The molecule has 1 aromatic heterocycles. The molecule has 0 bridgehead atoms. The van der Waals surface area contributed by atoms with Crippen molar-refractivity contribution in [2.75, 3.05) is 5.75 Å². The maximum Gasteiger partial charge on any atom is 0.308 e. The molecule has 3 aromatic rings. The normalized spacial score (nSPS) is 12.1. The number of hydrogen-bond acceptors (Lipinski definition) is 8. The van der Waals surface area contributed by atoms with E-state index in [2.05, 4.69) is 20.7 Å². The molecular formula is C26H30ClN5O4S. The van der Waals surface area contributed by atoms with Gasteiger partial charge in [-0.1, -0.05) is 65.8 Å². The van der Waals surface area contributed by atoms with Gasteiger partial charge in [0.05, 0.1) is 11.4 Å². The van der Waals surface area contributed by atoms with Crippen LogP contribution in [0.3, 0.4) is 0 Å². The number of carbonyl (C=O) groups is 3. The first kappa shape index (κ1) is 28.3. The molecule has 0 radical (unpaired) electrons. The van der Waals surface area contributed by atoms with E-state index in [1.807, 2.05) is 30.3 Å². The molecule has 0 aliphatic heterocycles. The second-order valence-corrected chi connectivity index (χ2v) is 10.8. The number of esters is 1. The highest BCUT2D eigenvalue weighted by atomic mass is 35.5. The molecule has 1 atom stereocenters. The predicted octanol–water partition coefficient (Wildman–Crippen LogP) is 4.74. The van der Waals surface area contributed by atoms with E-state index in [-0.39, 0.29) is 18.8 Å². The molecule has 0 saturated carbocycles. The van der Waals surface area contributed by atoms with Crippen molar-refractivity contribution in [1.29, 1.82) is 0 Å². The number of nitrogens with zero attached hydrogens (tertiary/aromatic N) is 4. The third-order valence-corrected chi connectivity index (χ3v) is 6.22. The summed E-state index contributed by atoms with van der Waals surface area (Å²) in [5.74, 6) is -0.212. The number of thioether (sulfide) groups is 1. The number of aryl methyl sites for hydroxylation is 1.